The number of methoxy groups -OCH3 is 2. The number of carbonyl (C=O) groups is 1. The molecule has 0 spiro atoms. The molecule has 1 heterocycles. The molecule has 1 aromatic carbocycles. The van der Waals surface area contributed by atoms with Crippen LogP contribution >= 0.6 is 0 Å². The summed E-state index contributed by atoms with van der Waals surface area (Å²) in [5, 5.41) is 0. The van der Waals surface area contributed by atoms with Crippen molar-refractivity contribution < 1.29 is 19.0 Å². The summed E-state index contributed by atoms with van der Waals surface area (Å²) in [5.74, 6) is 1.14. The Labute approximate surface area is 119 Å². The van der Waals surface area contributed by atoms with Gasteiger partial charge in [-0.2, -0.15) is 0 Å². The van der Waals surface area contributed by atoms with Gasteiger partial charge in [0.2, 0.25) is 0 Å². The van der Waals surface area contributed by atoms with Crippen LogP contribution in [-0.2, 0) is 4.74 Å². The van der Waals surface area contributed by atoms with E-state index in [9.17, 15) is 4.79 Å². The Bertz CT molecular complexity index is 469. The first-order chi connectivity index (χ1) is 9.65. The van der Waals surface area contributed by atoms with E-state index in [0.29, 0.717) is 23.6 Å². The van der Waals surface area contributed by atoms with Gasteiger partial charge in [-0.1, -0.05) is 0 Å². The Morgan fingerprint density at radius 2 is 2.10 bits per heavy atom. The molecule has 1 amide bonds. The topological polar surface area (TPSA) is 48.0 Å². The van der Waals surface area contributed by atoms with Crippen LogP contribution < -0.4 is 9.47 Å². The fraction of sp³-hybridized carbons (Fsp3) is 0.533. The standard InChI is InChI=1S/C15H21NO4/c1-16(10-12-5-4-8-20-12)15(17)11-6-7-13(18-2)14(9-11)19-3/h6-7,9,12H,4-5,8,10H2,1-3H3. The number of carbonyl (C=O) groups excluding carboxylic acids is 1. The van der Waals surface area contributed by atoms with Crippen molar-refractivity contribution in [2.75, 3.05) is 34.4 Å². The van der Waals surface area contributed by atoms with Crippen molar-refractivity contribution >= 4 is 5.91 Å². The molecule has 5 nitrogen and oxygen atoms in total. The third-order valence-corrected chi connectivity index (χ3v) is 3.48. The summed E-state index contributed by atoms with van der Waals surface area (Å²) in [5.41, 5.74) is 0.586. The fourth-order valence-electron chi connectivity index (χ4n) is 2.37. The predicted molar refractivity (Wildman–Crippen MR) is 75.5 cm³/mol. The lowest BCUT2D eigenvalue weighted by atomic mass is 10.1. The molecule has 0 bridgehead atoms. The minimum atomic E-state index is -0.0403. The largest absolute Gasteiger partial charge is 0.493 e. The summed E-state index contributed by atoms with van der Waals surface area (Å²) in [7, 11) is 4.92. The maximum atomic E-state index is 12.4. The van der Waals surface area contributed by atoms with Gasteiger partial charge in [0.1, 0.15) is 0 Å². The lowest BCUT2D eigenvalue weighted by Gasteiger charge is -2.21. The van der Waals surface area contributed by atoms with Crippen LogP contribution in [0.4, 0.5) is 0 Å². The van der Waals surface area contributed by atoms with Gasteiger partial charge in [-0.3, -0.25) is 4.79 Å². The van der Waals surface area contributed by atoms with Crippen molar-refractivity contribution in [3.8, 4) is 11.5 Å². The van der Waals surface area contributed by atoms with E-state index < -0.39 is 0 Å². The highest BCUT2D eigenvalue weighted by molar-refractivity contribution is 5.94. The van der Waals surface area contributed by atoms with Gasteiger partial charge in [-0.15, -0.1) is 0 Å². The molecule has 1 atom stereocenters. The third-order valence-electron chi connectivity index (χ3n) is 3.48. The van der Waals surface area contributed by atoms with E-state index in [4.69, 9.17) is 14.2 Å². The van der Waals surface area contributed by atoms with Gasteiger partial charge in [-0.05, 0) is 31.0 Å². The first-order valence-corrected chi connectivity index (χ1v) is 6.74. The Morgan fingerprint density at radius 3 is 2.70 bits per heavy atom. The minimum absolute atomic E-state index is 0.0403. The van der Waals surface area contributed by atoms with Crippen LogP contribution in [0.3, 0.4) is 0 Å². The zero-order valence-corrected chi connectivity index (χ0v) is 12.2. The second-order valence-corrected chi connectivity index (χ2v) is 4.89. The van der Waals surface area contributed by atoms with E-state index in [-0.39, 0.29) is 12.0 Å². The van der Waals surface area contributed by atoms with Crippen LogP contribution in [0, 0.1) is 0 Å². The Morgan fingerprint density at radius 1 is 1.35 bits per heavy atom. The number of likely N-dealkylation sites (N-methyl/N-ethyl adjacent to an activating group) is 1. The van der Waals surface area contributed by atoms with Crippen LogP contribution in [0.5, 0.6) is 11.5 Å². The maximum absolute atomic E-state index is 12.4. The number of hydrogen-bond acceptors (Lipinski definition) is 4. The second-order valence-electron chi connectivity index (χ2n) is 4.89. The highest BCUT2D eigenvalue weighted by atomic mass is 16.5. The Balaban J connectivity index is 2.07. The average Bonchev–Trinajstić information content (AvgIpc) is 2.98. The molecule has 1 unspecified atom stereocenters. The summed E-state index contributed by atoms with van der Waals surface area (Å²) in [6.45, 7) is 1.41. The van der Waals surface area contributed by atoms with Crippen molar-refractivity contribution in [3.05, 3.63) is 23.8 Å². The first-order valence-electron chi connectivity index (χ1n) is 6.74. The lowest BCUT2D eigenvalue weighted by molar-refractivity contribution is 0.0587. The van der Waals surface area contributed by atoms with Crippen LogP contribution in [0.15, 0.2) is 18.2 Å². The molecule has 0 saturated carbocycles. The van der Waals surface area contributed by atoms with E-state index in [1.54, 1.807) is 44.4 Å². The SMILES string of the molecule is COc1ccc(C(=O)N(C)CC2CCCO2)cc1OC. The van der Waals surface area contributed by atoms with E-state index in [1.165, 1.54) is 0 Å². The van der Waals surface area contributed by atoms with E-state index >= 15 is 0 Å². The second kappa shape index (κ2) is 6.61. The number of benzene rings is 1. The maximum Gasteiger partial charge on any atom is 0.253 e. The minimum Gasteiger partial charge on any atom is -0.493 e. The summed E-state index contributed by atoms with van der Waals surface area (Å²) >= 11 is 0. The van der Waals surface area contributed by atoms with Crippen molar-refractivity contribution in [2.45, 2.75) is 18.9 Å². The summed E-state index contributed by atoms with van der Waals surface area (Å²) in [6, 6.07) is 5.19. The molecule has 0 radical (unpaired) electrons. The number of rotatable bonds is 5. The quantitative estimate of drug-likeness (QED) is 0.826. The van der Waals surface area contributed by atoms with Crippen molar-refractivity contribution in [1.29, 1.82) is 0 Å². The van der Waals surface area contributed by atoms with E-state index in [0.717, 1.165) is 19.4 Å². The summed E-state index contributed by atoms with van der Waals surface area (Å²) in [4.78, 5) is 14.1. The monoisotopic (exact) mass is 279 g/mol. The highest BCUT2D eigenvalue weighted by Crippen LogP contribution is 2.28. The number of ether oxygens (including phenoxy) is 3. The normalized spacial score (nSPS) is 17.9. The van der Waals surface area contributed by atoms with Crippen molar-refractivity contribution in [1.82, 2.24) is 4.90 Å². The number of amides is 1. The molecule has 0 N–H and O–H groups in total. The molecule has 1 aliphatic heterocycles. The van der Waals surface area contributed by atoms with Crippen LogP contribution in [-0.4, -0.2) is 51.3 Å². The van der Waals surface area contributed by atoms with Gasteiger partial charge >= 0.3 is 0 Å². The van der Waals surface area contributed by atoms with Gasteiger partial charge < -0.3 is 19.1 Å². The Hall–Kier alpha value is -1.75. The van der Waals surface area contributed by atoms with E-state index in [1.807, 2.05) is 0 Å². The molecule has 110 valence electrons. The predicted octanol–water partition coefficient (Wildman–Crippen LogP) is 1.95. The zero-order chi connectivity index (χ0) is 14.5. The van der Waals surface area contributed by atoms with Crippen molar-refractivity contribution in [2.24, 2.45) is 0 Å². The molecule has 20 heavy (non-hydrogen) atoms. The zero-order valence-electron chi connectivity index (χ0n) is 12.2. The third kappa shape index (κ3) is 3.22. The van der Waals surface area contributed by atoms with Gasteiger partial charge in [0.15, 0.2) is 11.5 Å². The number of nitrogens with zero attached hydrogens (tertiary/aromatic N) is 1. The van der Waals surface area contributed by atoms with E-state index in [2.05, 4.69) is 0 Å². The molecule has 0 aromatic heterocycles. The van der Waals surface area contributed by atoms with Crippen LogP contribution in [0.25, 0.3) is 0 Å². The highest BCUT2D eigenvalue weighted by Gasteiger charge is 2.21. The van der Waals surface area contributed by atoms with Gasteiger partial charge in [-0.25, -0.2) is 0 Å². The molecule has 0 aliphatic carbocycles. The first kappa shape index (κ1) is 14.7. The molecule has 1 fully saturated rings. The van der Waals surface area contributed by atoms with Gasteiger partial charge in [0.05, 0.1) is 20.3 Å². The number of hydrogen-bond donors (Lipinski definition) is 0. The van der Waals surface area contributed by atoms with Crippen LogP contribution in [0.1, 0.15) is 23.2 Å². The van der Waals surface area contributed by atoms with Gasteiger partial charge in [0, 0.05) is 25.8 Å². The van der Waals surface area contributed by atoms with Crippen molar-refractivity contribution in [3.63, 3.8) is 0 Å². The molecular formula is C15H21NO4. The summed E-state index contributed by atoms with van der Waals surface area (Å²) in [6.07, 6.45) is 2.25. The Kier molecular flexibility index (Phi) is 4.84. The van der Waals surface area contributed by atoms with Gasteiger partial charge in [0.25, 0.3) is 5.91 Å². The molecule has 1 aromatic rings. The summed E-state index contributed by atoms with van der Waals surface area (Å²) < 4.78 is 15.9. The molecule has 1 saturated heterocycles. The lowest BCUT2D eigenvalue weighted by Crippen LogP contribution is -2.34. The molecule has 5 heteroatoms. The fourth-order valence-corrected chi connectivity index (χ4v) is 2.37. The smallest absolute Gasteiger partial charge is 0.253 e. The average molecular weight is 279 g/mol. The molecule has 1 aliphatic rings. The molecule has 2 rings (SSSR count). The van der Waals surface area contributed by atoms with Crippen LogP contribution in [0.2, 0.25) is 0 Å². The molecular weight excluding hydrogens is 258 g/mol.